The monoisotopic (exact) mass is 820 g/mol. The fraction of sp³-hybridized carbons (Fsp3) is 0. The van der Waals surface area contributed by atoms with E-state index in [1.165, 1.54) is 52.8 Å². The molecule has 0 aliphatic rings. The van der Waals surface area contributed by atoms with E-state index in [2.05, 4.69) is 193 Å². The average molecular weight is 821 g/mol. The van der Waals surface area contributed by atoms with Crippen molar-refractivity contribution in [3.63, 3.8) is 0 Å². The van der Waals surface area contributed by atoms with Crippen LogP contribution in [-0.4, -0.2) is 19.5 Å². The summed E-state index contributed by atoms with van der Waals surface area (Å²) in [6, 6.07) is 69.1. The van der Waals surface area contributed by atoms with Gasteiger partial charge < -0.3 is 8.98 Å². The van der Waals surface area contributed by atoms with E-state index >= 15 is 0 Å². The minimum absolute atomic E-state index is 0.593. The fourth-order valence-corrected chi connectivity index (χ4v) is 11.0. The van der Waals surface area contributed by atoms with Crippen LogP contribution in [0.3, 0.4) is 0 Å². The van der Waals surface area contributed by atoms with E-state index in [-0.39, 0.29) is 0 Å². The highest BCUT2D eigenvalue weighted by atomic mass is 32.1. The molecule has 0 aliphatic carbocycles. The Balaban J connectivity index is 1.04. The highest BCUT2D eigenvalue weighted by molar-refractivity contribution is 7.25. The first-order valence-electron chi connectivity index (χ1n) is 21.2. The molecule has 0 N–H and O–H groups in total. The summed E-state index contributed by atoms with van der Waals surface area (Å²) in [6.07, 6.45) is 0. The number of thiophene rings is 1. The van der Waals surface area contributed by atoms with Gasteiger partial charge in [0.05, 0.1) is 11.0 Å². The van der Waals surface area contributed by atoms with Gasteiger partial charge in [0.1, 0.15) is 11.2 Å². The van der Waals surface area contributed by atoms with Crippen LogP contribution in [0, 0.1) is 0 Å². The van der Waals surface area contributed by atoms with Gasteiger partial charge in [0.15, 0.2) is 17.5 Å². The third-order valence-electron chi connectivity index (χ3n) is 12.8. The maximum absolute atomic E-state index is 6.74. The lowest BCUT2D eigenvalue weighted by molar-refractivity contribution is 0.669. The Bertz CT molecular complexity index is 4230. The molecule has 4 aromatic heterocycles. The maximum Gasteiger partial charge on any atom is 0.164 e. The predicted octanol–water partition coefficient (Wildman–Crippen LogP) is 15.7. The molecule has 0 fully saturated rings. The van der Waals surface area contributed by atoms with E-state index in [4.69, 9.17) is 19.4 Å². The Kier molecular flexibility index (Phi) is 7.21. The van der Waals surface area contributed by atoms with E-state index in [9.17, 15) is 0 Å². The normalized spacial score (nSPS) is 12.1. The molecule has 0 amide bonds. The molecule has 63 heavy (non-hydrogen) atoms. The van der Waals surface area contributed by atoms with Crippen LogP contribution in [0.5, 0.6) is 0 Å². The Morgan fingerprint density at radius 1 is 0.365 bits per heavy atom. The van der Waals surface area contributed by atoms with E-state index in [0.29, 0.717) is 17.5 Å². The minimum Gasteiger partial charge on any atom is -0.456 e. The van der Waals surface area contributed by atoms with Crippen LogP contribution >= 0.6 is 11.3 Å². The molecule has 0 unspecified atom stereocenters. The van der Waals surface area contributed by atoms with Gasteiger partial charge in [-0.25, -0.2) is 15.0 Å². The average Bonchev–Trinajstić information content (AvgIpc) is 4.02. The van der Waals surface area contributed by atoms with Crippen molar-refractivity contribution in [2.45, 2.75) is 0 Å². The Morgan fingerprint density at radius 2 is 1.00 bits per heavy atom. The summed E-state index contributed by atoms with van der Waals surface area (Å²) >= 11 is 1.79. The van der Waals surface area contributed by atoms with Crippen molar-refractivity contribution in [3.8, 4) is 39.9 Å². The number of hydrogen-bond donors (Lipinski definition) is 0. The SMILES string of the molecule is c1ccc2cc(-c3nc(-c4cccc5sc6ccccc6c45)nc(-c4cccc5oc6ccc7ccc(-n8c9ccccc9c9cc%10ccccc%10cc98)cc7c6c45)n3)ccc2c1. The standard InChI is InChI=1S/C57H32N4OS/c1-2-12-35-29-38(24-23-33(35)11-1)55-58-56(42-18-10-22-51-52(42)41-16-6-8-21-50(41)63-51)60-57(59-55)43-17-9-20-48-53(43)54-44-32-39(27-25-34(44)26-28-49(54)62-48)61-46-19-7-5-15-40(46)45-30-36-13-3-4-14-37(36)31-47(45)61/h1-32H. The summed E-state index contributed by atoms with van der Waals surface area (Å²) < 4.78 is 11.6. The molecule has 14 rings (SSSR count). The Labute approximate surface area is 363 Å². The van der Waals surface area contributed by atoms with Crippen LogP contribution in [0.15, 0.2) is 199 Å². The zero-order valence-corrected chi connectivity index (χ0v) is 34.4. The first-order chi connectivity index (χ1) is 31.2. The van der Waals surface area contributed by atoms with E-state index in [0.717, 1.165) is 65.9 Å². The van der Waals surface area contributed by atoms with Crippen molar-refractivity contribution in [2.75, 3.05) is 0 Å². The van der Waals surface area contributed by atoms with Crippen LogP contribution in [0.2, 0.25) is 0 Å². The van der Waals surface area contributed by atoms with Crippen molar-refractivity contribution in [1.29, 1.82) is 0 Å². The molecule has 0 atom stereocenters. The van der Waals surface area contributed by atoms with Gasteiger partial charge in [0.25, 0.3) is 0 Å². The first kappa shape index (κ1) is 34.5. The number of rotatable bonds is 4. The number of furan rings is 1. The minimum atomic E-state index is 0.593. The van der Waals surface area contributed by atoms with Crippen LogP contribution < -0.4 is 0 Å². The number of para-hydroxylation sites is 1. The highest BCUT2D eigenvalue weighted by Gasteiger charge is 2.22. The van der Waals surface area contributed by atoms with Crippen molar-refractivity contribution in [3.05, 3.63) is 194 Å². The van der Waals surface area contributed by atoms with Gasteiger partial charge in [0, 0.05) is 64.1 Å². The molecule has 0 radical (unpaired) electrons. The summed E-state index contributed by atoms with van der Waals surface area (Å²) in [6.45, 7) is 0. The van der Waals surface area contributed by atoms with Crippen LogP contribution in [-0.2, 0) is 0 Å². The molecule has 0 spiro atoms. The van der Waals surface area contributed by atoms with Crippen molar-refractivity contribution >= 4 is 108 Å². The molecule has 0 saturated carbocycles. The number of aromatic nitrogens is 4. The van der Waals surface area contributed by atoms with E-state index < -0.39 is 0 Å². The molecular weight excluding hydrogens is 789 g/mol. The third kappa shape index (κ3) is 5.19. The van der Waals surface area contributed by atoms with Gasteiger partial charge in [-0.15, -0.1) is 11.3 Å². The largest absolute Gasteiger partial charge is 0.456 e. The second kappa shape index (κ2) is 13.2. The topological polar surface area (TPSA) is 56.7 Å². The Hall–Kier alpha value is -8.19. The second-order valence-electron chi connectivity index (χ2n) is 16.3. The van der Waals surface area contributed by atoms with Gasteiger partial charge in [-0.05, 0) is 93.0 Å². The number of benzene rings is 10. The molecule has 0 bridgehead atoms. The molecule has 6 heteroatoms. The molecule has 0 saturated heterocycles. The van der Waals surface area contributed by atoms with Gasteiger partial charge in [0.2, 0.25) is 0 Å². The molecular formula is C57H32N4OS. The molecule has 292 valence electrons. The molecule has 10 aromatic carbocycles. The van der Waals surface area contributed by atoms with E-state index in [1.807, 2.05) is 6.07 Å². The number of nitrogens with zero attached hydrogens (tertiary/aromatic N) is 4. The third-order valence-corrected chi connectivity index (χ3v) is 13.9. The smallest absolute Gasteiger partial charge is 0.164 e. The lowest BCUT2D eigenvalue weighted by atomic mass is 9.99. The highest BCUT2D eigenvalue weighted by Crippen LogP contribution is 2.44. The van der Waals surface area contributed by atoms with Gasteiger partial charge in [-0.1, -0.05) is 133 Å². The Morgan fingerprint density at radius 3 is 1.86 bits per heavy atom. The van der Waals surface area contributed by atoms with E-state index in [1.54, 1.807) is 11.3 Å². The number of hydrogen-bond acceptors (Lipinski definition) is 5. The quantitative estimate of drug-likeness (QED) is 0.177. The lowest BCUT2D eigenvalue weighted by Gasteiger charge is -2.12. The van der Waals surface area contributed by atoms with Crippen molar-refractivity contribution in [2.24, 2.45) is 0 Å². The summed E-state index contributed by atoms with van der Waals surface area (Å²) in [4.78, 5) is 16.0. The molecule has 0 aliphatic heterocycles. The maximum atomic E-state index is 6.74. The number of fused-ring (bicyclic) bond motifs is 13. The molecule has 4 heterocycles. The van der Waals surface area contributed by atoms with Crippen molar-refractivity contribution < 1.29 is 4.42 Å². The fourth-order valence-electron chi connectivity index (χ4n) is 9.92. The zero-order chi connectivity index (χ0) is 41.2. The molecule has 14 aromatic rings. The van der Waals surface area contributed by atoms with Crippen molar-refractivity contribution in [1.82, 2.24) is 19.5 Å². The van der Waals surface area contributed by atoms with Gasteiger partial charge in [-0.3, -0.25) is 0 Å². The predicted molar refractivity (Wildman–Crippen MR) is 263 cm³/mol. The summed E-state index contributed by atoms with van der Waals surface area (Å²) in [5, 5.41) is 13.8. The summed E-state index contributed by atoms with van der Waals surface area (Å²) in [7, 11) is 0. The molecule has 5 nitrogen and oxygen atoms in total. The summed E-state index contributed by atoms with van der Waals surface area (Å²) in [5.74, 6) is 1.84. The van der Waals surface area contributed by atoms with Gasteiger partial charge >= 0.3 is 0 Å². The van der Waals surface area contributed by atoms with Crippen LogP contribution in [0.4, 0.5) is 0 Å². The van der Waals surface area contributed by atoms with Crippen LogP contribution in [0.25, 0.3) is 136 Å². The second-order valence-corrected chi connectivity index (χ2v) is 17.4. The zero-order valence-electron chi connectivity index (χ0n) is 33.6. The lowest BCUT2D eigenvalue weighted by Crippen LogP contribution is -2.01. The summed E-state index contributed by atoms with van der Waals surface area (Å²) in [5.41, 5.74) is 7.82. The van der Waals surface area contributed by atoms with Crippen LogP contribution in [0.1, 0.15) is 0 Å². The first-order valence-corrected chi connectivity index (χ1v) is 22.0. The van der Waals surface area contributed by atoms with Gasteiger partial charge in [-0.2, -0.15) is 0 Å².